The van der Waals surface area contributed by atoms with Crippen LogP contribution >= 0.6 is 0 Å². The van der Waals surface area contributed by atoms with Crippen molar-refractivity contribution >= 4 is 49.6 Å². The Morgan fingerprint density at radius 1 is 0.633 bits per heavy atom. The van der Waals surface area contributed by atoms with E-state index in [4.69, 9.17) is 15.3 Å². The predicted octanol–water partition coefficient (Wildman–Crippen LogP) is 5.99. The fourth-order valence-corrected chi connectivity index (χ4v) is 5.59. The summed E-state index contributed by atoms with van der Waals surface area (Å²) in [5, 5.41) is 41.5. The zero-order valence-electron chi connectivity index (χ0n) is 28.6. The molecule has 6 aromatic rings. The summed E-state index contributed by atoms with van der Waals surface area (Å²) >= 11 is 0. The number of fused-ring (bicyclic) bond motifs is 6. The molecule has 2 aromatic carbocycles. The van der Waals surface area contributed by atoms with Crippen molar-refractivity contribution in [3.8, 4) is 0 Å². The van der Waals surface area contributed by atoms with Crippen molar-refractivity contribution in [2.24, 2.45) is 0 Å². The molecule has 0 aliphatic carbocycles. The van der Waals surface area contributed by atoms with E-state index in [1.54, 1.807) is 0 Å². The summed E-state index contributed by atoms with van der Waals surface area (Å²) in [7, 11) is 0. The molecule has 0 fully saturated rings. The van der Waals surface area contributed by atoms with Crippen molar-refractivity contribution in [1.29, 1.82) is 0 Å². The van der Waals surface area contributed by atoms with Crippen molar-refractivity contribution < 1.29 is 47.0 Å². The average molecular weight is 711 g/mol. The van der Waals surface area contributed by atoms with Crippen LogP contribution in [0.15, 0.2) is 60.6 Å². The Morgan fingerprint density at radius 2 is 0.918 bits per heavy atom. The van der Waals surface area contributed by atoms with Gasteiger partial charge in [0.05, 0.1) is 28.2 Å². The second kappa shape index (κ2) is 14.8. The van der Waals surface area contributed by atoms with Crippen molar-refractivity contribution in [2.45, 2.75) is 67.6 Å². The van der Waals surface area contributed by atoms with Crippen LogP contribution in [0, 0.1) is 55.4 Å². The molecule has 259 valence electrons. The number of carbonyl (C=O) groups is 1. The molecule has 11 heteroatoms. The molecule has 7 rings (SSSR count). The van der Waals surface area contributed by atoms with Crippen LogP contribution in [0.4, 0.5) is 0 Å². The van der Waals surface area contributed by atoms with Gasteiger partial charge in [-0.25, -0.2) is 4.79 Å². The number of benzene rings is 2. The van der Waals surface area contributed by atoms with Crippen LogP contribution in [-0.4, -0.2) is 60.0 Å². The minimum Gasteiger partial charge on any atom is -0.853 e. The van der Waals surface area contributed by atoms with Crippen LogP contribution in [0.1, 0.15) is 44.5 Å². The van der Waals surface area contributed by atoms with Gasteiger partial charge in [0.25, 0.3) is 0 Å². The maximum Gasteiger partial charge on any atom is 0.377 e. The van der Waals surface area contributed by atoms with Gasteiger partial charge in [0.15, 0.2) is 11.9 Å². The van der Waals surface area contributed by atoms with Crippen molar-refractivity contribution in [2.75, 3.05) is 6.61 Å². The molecule has 3 N–H and O–H groups in total. The van der Waals surface area contributed by atoms with Crippen molar-refractivity contribution in [1.82, 2.24) is 19.9 Å². The van der Waals surface area contributed by atoms with E-state index in [2.05, 4.69) is 104 Å². The largest absolute Gasteiger partial charge is 0.853 e. The number of hydrogen-bond acceptors (Lipinski definition) is 10. The Hall–Kier alpha value is -4.67. The minimum absolute atomic E-state index is 0. The minimum atomic E-state index is -1.53. The first-order valence-electron chi connectivity index (χ1n) is 15.6. The van der Waals surface area contributed by atoms with Gasteiger partial charge in [-0.3, -0.25) is 19.9 Å². The number of aliphatic hydroxyl groups excluding tert-OH is 3. The molecule has 0 bridgehead atoms. The normalized spacial score (nSPS) is 14.7. The third-order valence-corrected chi connectivity index (χ3v) is 9.29. The van der Waals surface area contributed by atoms with Gasteiger partial charge in [-0.15, -0.1) is 6.61 Å². The summed E-state index contributed by atoms with van der Waals surface area (Å²) in [6.45, 7) is 16.0. The molecule has 5 heterocycles. The van der Waals surface area contributed by atoms with E-state index in [0.717, 1.165) is 22.1 Å². The topological polar surface area (TPSA) is 162 Å². The number of cyclic esters (lactones) is 1. The summed E-state index contributed by atoms with van der Waals surface area (Å²) in [5.74, 6) is -2.87. The Balaban J connectivity index is 0.000000168. The molecule has 0 amide bonds. The van der Waals surface area contributed by atoms with E-state index < -0.39 is 36.3 Å². The maximum atomic E-state index is 10.5. The first-order valence-corrected chi connectivity index (χ1v) is 15.6. The fourth-order valence-electron chi connectivity index (χ4n) is 5.59. The summed E-state index contributed by atoms with van der Waals surface area (Å²) in [4.78, 5) is 28.8. The quantitative estimate of drug-likeness (QED) is 0.111. The van der Waals surface area contributed by atoms with Gasteiger partial charge in [0.1, 0.15) is 0 Å². The van der Waals surface area contributed by atoms with Crippen molar-refractivity contribution in [3.05, 3.63) is 105 Å². The molecule has 1 aliphatic heterocycles. The molecule has 2 atom stereocenters. The van der Waals surface area contributed by atoms with E-state index in [1.165, 1.54) is 66.1 Å². The van der Waals surface area contributed by atoms with E-state index in [1.807, 2.05) is 24.8 Å². The van der Waals surface area contributed by atoms with E-state index in [-0.39, 0.29) is 17.1 Å². The standard InChI is InChI=1S/2C16H16N2.C6H7O6.Cu/c2*1-9-7-17-15-13(11(9)3)5-6-14-12(4)10(2)8-18-16(14)15;7-1-2(8)5-3(9)4(10)6(11)12-5;/h2*5-8H,1-4H3;2,5,8-10H,1H2;/q;;-1;. The first-order chi connectivity index (χ1) is 22.8. The molecule has 4 aromatic heterocycles. The molecule has 49 heavy (non-hydrogen) atoms. The van der Waals surface area contributed by atoms with Crippen LogP contribution in [-0.2, 0) is 26.6 Å². The average Bonchev–Trinajstić information content (AvgIpc) is 3.34. The molecule has 2 unspecified atom stereocenters. The van der Waals surface area contributed by atoms with E-state index in [0.29, 0.717) is 0 Å². The molecular weight excluding hydrogens is 672 g/mol. The van der Waals surface area contributed by atoms with Crippen LogP contribution in [0.25, 0.3) is 43.6 Å². The third kappa shape index (κ3) is 6.93. The Kier molecular flexibility index (Phi) is 11.3. The second-order valence-electron chi connectivity index (χ2n) is 12.3. The fraction of sp³-hybridized carbons (Fsp3) is 0.289. The monoisotopic (exact) mass is 710 g/mol. The number of hydrogen-bond donors (Lipinski definition) is 3. The molecule has 0 saturated carbocycles. The molecule has 1 aliphatic rings. The van der Waals surface area contributed by atoms with Gasteiger partial charge in [-0.1, -0.05) is 24.3 Å². The van der Waals surface area contributed by atoms with E-state index in [9.17, 15) is 9.90 Å². The summed E-state index contributed by atoms with van der Waals surface area (Å²) in [6, 6.07) is 8.67. The number of aromatic nitrogens is 4. The number of ether oxygens (including phenoxy) is 1. The molecule has 0 spiro atoms. The van der Waals surface area contributed by atoms with Gasteiger partial charge in [0, 0.05) is 63.4 Å². The van der Waals surface area contributed by atoms with E-state index >= 15 is 0 Å². The molecular formula is C38H39CuN4O6-. The Labute approximate surface area is 295 Å². The van der Waals surface area contributed by atoms with Gasteiger partial charge < -0.3 is 25.2 Å². The maximum absolute atomic E-state index is 10.5. The van der Waals surface area contributed by atoms with Crippen LogP contribution in [0.3, 0.4) is 0 Å². The summed E-state index contributed by atoms with van der Waals surface area (Å²) in [5.41, 5.74) is 14.1. The zero-order valence-corrected chi connectivity index (χ0v) is 29.6. The number of aliphatic hydroxyl groups is 3. The smallest absolute Gasteiger partial charge is 0.377 e. The summed E-state index contributed by atoms with van der Waals surface area (Å²) < 4.78 is 4.28. The number of pyridine rings is 4. The van der Waals surface area contributed by atoms with Gasteiger partial charge in [-0.05, 0) is 99.9 Å². The van der Waals surface area contributed by atoms with Gasteiger partial charge in [-0.2, -0.15) is 0 Å². The van der Waals surface area contributed by atoms with Crippen LogP contribution in [0.2, 0.25) is 0 Å². The predicted molar refractivity (Wildman–Crippen MR) is 185 cm³/mol. The number of aryl methyl sites for hydroxylation is 8. The SMILES string of the molecule is Cc1cnc2c(ccc3c(C)c(C)cnc32)c1C.Cc1cnc2c(ccc3c(C)c(C)cnc32)c1C.O=C1OC(C(O)C[O-])C(O)=C1O.[Cu]. The summed E-state index contributed by atoms with van der Waals surface area (Å²) in [6.07, 6.45) is 4.80. The van der Waals surface area contributed by atoms with Crippen LogP contribution < -0.4 is 5.11 Å². The third-order valence-electron chi connectivity index (χ3n) is 9.29. The van der Waals surface area contributed by atoms with Crippen LogP contribution in [0.5, 0.6) is 0 Å². The second-order valence-corrected chi connectivity index (χ2v) is 12.3. The number of esters is 1. The molecule has 10 nitrogen and oxygen atoms in total. The Morgan fingerprint density at radius 3 is 1.14 bits per heavy atom. The first kappa shape index (κ1) is 37.2. The number of nitrogens with zero attached hydrogens (tertiary/aromatic N) is 4. The van der Waals surface area contributed by atoms with Gasteiger partial charge in [0.2, 0.25) is 5.76 Å². The van der Waals surface area contributed by atoms with Crippen molar-refractivity contribution in [3.63, 3.8) is 0 Å². The molecule has 0 saturated heterocycles. The number of carbonyl (C=O) groups excluding carboxylic acids is 1. The zero-order chi connectivity index (χ0) is 35.0. The van der Waals surface area contributed by atoms with Gasteiger partial charge >= 0.3 is 5.97 Å². The molecule has 1 radical (unpaired) electrons. The number of rotatable bonds is 2. The Bertz CT molecular complexity index is 2000.